The molecule has 0 aliphatic heterocycles. The zero-order valence-corrected chi connectivity index (χ0v) is 37.0. The summed E-state index contributed by atoms with van der Waals surface area (Å²) in [5.74, 6) is 0. The molecule has 0 saturated carbocycles. The molecule has 0 bridgehead atoms. The smallest absolute Gasteiger partial charge is 0.0541 e. The van der Waals surface area contributed by atoms with E-state index < -0.39 is 0 Å². The Morgan fingerprint density at radius 2 is 0.727 bits per heavy atom. The van der Waals surface area contributed by atoms with Crippen molar-refractivity contribution in [2.45, 2.75) is 19.3 Å². The molecule has 12 rings (SSSR count). The van der Waals surface area contributed by atoms with E-state index >= 15 is 0 Å². The van der Waals surface area contributed by atoms with Gasteiger partial charge < -0.3 is 14.4 Å². The second kappa shape index (κ2) is 16.0. The fraction of sp³-hybridized carbons (Fsp3) is 0.0476. The average molecular weight is 846 g/mol. The Balaban J connectivity index is 0.843. The van der Waals surface area contributed by atoms with Crippen LogP contribution in [0.4, 0.5) is 34.1 Å². The third-order valence-corrected chi connectivity index (χ3v) is 13.6. The number of hydrogen-bond acceptors (Lipinski definition) is 2. The van der Waals surface area contributed by atoms with Crippen molar-refractivity contribution in [3.8, 4) is 39.1 Å². The fourth-order valence-corrected chi connectivity index (χ4v) is 10.3. The van der Waals surface area contributed by atoms with Crippen LogP contribution in [0.15, 0.2) is 249 Å². The summed E-state index contributed by atoms with van der Waals surface area (Å²) in [7, 11) is 0. The summed E-state index contributed by atoms with van der Waals surface area (Å²) < 4.78 is 2.37. The van der Waals surface area contributed by atoms with Crippen LogP contribution in [0.2, 0.25) is 0 Å². The molecular formula is C63H47N3. The van der Waals surface area contributed by atoms with E-state index in [2.05, 4.69) is 277 Å². The van der Waals surface area contributed by atoms with E-state index in [0.29, 0.717) is 0 Å². The van der Waals surface area contributed by atoms with Crippen molar-refractivity contribution in [2.75, 3.05) is 9.80 Å². The Kier molecular flexibility index (Phi) is 9.50. The third kappa shape index (κ3) is 6.67. The van der Waals surface area contributed by atoms with Crippen LogP contribution >= 0.6 is 0 Å². The minimum Gasteiger partial charge on any atom is -0.311 e. The second-order valence-corrected chi connectivity index (χ2v) is 17.8. The first kappa shape index (κ1) is 39.2. The predicted octanol–water partition coefficient (Wildman–Crippen LogP) is 17.4. The summed E-state index contributed by atoms with van der Waals surface area (Å²) in [4.78, 5) is 4.71. The van der Waals surface area contributed by atoms with Gasteiger partial charge in [-0.15, -0.1) is 0 Å². The van der Waals surface area contributed by atoms with Gasteiger partial charge in [0.05, 0.1) is 11.0 Å². The zero-order valence-electron chi connectivity index (χ0n) is 37.0. The first-order chi connectivity index (χ1) is 32.5. The third-order valence-electron chi connectivity index (χ3n) is 13.6. The van der Waals surface area contributed by atoms with Crippen LogP contribution in [0.5, 0.6) is 0 Å². The lowest BCUT2D eigenvalue weighted by atomic mass is 9.82. The first-order valence-corrected chi connectivity index (χ1v) is 22.8. The van der Waals surface area contributed by atoms with Crippen LogP contribution in [-0.4, -0.2) is 4.57 Å². The molecule has 0 atom stereocenters. The summed E-state index contributed by atoms with van der Waals surface area (Å²) in [6.45, 7) is 4.69. The van der Waals surface area contributed by atoms with E-state index in [4.69, 9.17) is 0 Å². The molecule has 0 unspecified atom stereocenters. The van der Waals surface area contributed by atoms with Gasteiger partial charge in [0.1, 0.15) is 0 Å². The van der Waals surface area contributed by atoms with Gasteiger partial charge >= 0.3 is 0 Å². The predicted molar refractivity (Wildman–Crippen MR) is 279 cm³/mol. The number of rotatable bonds is 9. The number of nitrogens with zero attached hydrogens (tertiary/aromatic N) is 3. The number of benzene rings is 10. The van der Waals surface area contributed by atoms with E-state index in [1.807, 2.05) is 0 Å². The Hall–Kier alpha value is -8.40. The summed E-state index contributed by atoms with van der Waals surface area (Å²) in [5, 5.41) is 2.50. The van der Waals surface area contributed by atoms with E-state index in [1.54, 1.807) is 0 Å². The quantitative estimate of drug-likeness (QED) is 0.143. The van der Waals surface area contributed by atoms with Crippen molar-refractivity contribution < 1.29 is 0 Å². The summed E-state index contributed by atoms with van der Waals surface area (Å²) in [6, 6.07) is 90.3. The minimum absolute atomic E-state index is 0.0807. The highest BCUT2D eigenvalue weighted by Gasteiger charge is 2.35. The molecule has 0 saturated heterocycles. The summed E-state index contributed by atoms with van der Waals surface area (Å²) >= 11 is 0. The minimum atomic E-state index is -0.0807. The summed E-state index contributed by atoms with van der Waals surface area (Å²) in [5.41, 5.74) is 20.3. The number of aromatic nitrogens is 1. The van der Waals surface area contributed by atoms with E-state index in [1.165, 1.54) is 72.0 Å². The number of hydrogen-bond donors (Lipinski definition) is 0. The van der Waals surface area contributed by atoms with Crippen molar-refractivity contribution >= 4 is 55.9 Å². The summed E-state index contributed by atoms with van der Waals surface area (Å²) in [6.07, 6.45) is 0. The maximum Gasteiger partial charge on any atom is 0.0541 e. The Bertz CT molecular complexity index is 3520. The maximum absolute atomic E-state index is 2.40. The molecule has 0 radical (unpaired) electrons. The van der Waals surface area contributed by atoms with E-state index in [0.717, 1.165) is 34.1 Å². The molecule has 1 aliphatic rings. The van der Waals surface area contributed by atoms with Gasteiger partial charge in [0.15, 0.2) is 0 Å². The average Bonchev–Trinajstić information content (AvgIpc) is 3.83. The van der Waals surface area contributed by atoms with Crippen molar-refractivity contribution in [2.24, 2.45) is 0 Å². The van der Waals surface area contributed by atoms with E-state index in [-0.39, 0.29) is 5.41 Å². The molecule has 1 aliphatic carbocycles. The van der Waals surface area contributed by atoms with Gasteiger partial charge in [-0.25, -0.2) is 0 Å². The molecular weight excluding hydrogens is 799 g/mol. The fourth-order valence-electron chi connectivity index (χ4n) is 10.3. The zero-order chi connectivity index (χ0) is 44.2. The number of anilines is 6. The molecule has 0 fully saturated rings. The molecule has 1 heterocycles. The molecule has 0 amide bonds. The van der Waals surface area contributed by atoms with Gasteiger partial charge in [0.2, 0.25) is 0 Å². The molecule has 66 heavy (non-hydrogen) atoms. The molecule has 1 aromatic heterocycles. The normalized spacial score (nSPS) is 12.5. The van der Waals surface area contributed by atoms with Gasteiger partial charge in [-0.1, -0.05) is 159 Å². The molecule has 314 valence electrons. The van der Waals surface area contributed by atoms with Crippen molar-refractivity contribution in [3.05, 3.63) is 260 Å². The van der Waals surface area contributed by atoms with Crippen molar-refractivity contribution in [1.82, 2.24) is 4.57 Å². The second-order valence-electron chi connectivity index (χ2n) is 17.8. The van der Waals surface area contributed by atoms with Gasteiger partial charge in [0.25, 0.3) is 0 Å². The molecule has 3 nitrogen and oxygen atoms in total. The van der Waals surface area contributed by atoms with Crippen LogP contribution in [0.3, 0.4) is 0 Å². The maximum atomic E-state index is 2.40. The highest BCUT2D eigenvalue weighted by Crippen LogP contribution is 2.51. The lowest BCUT2D eigenvalue weighted by molar-refractivity contribution is 0.660. The SMILES string of the molecule is CC1(C)c2ccccc2-c2ccc(N(c3ccccc3)c3ccc(-c4ccc(N(c5ccccc5)c5ccc(-c6ccc7c(c6)c6ccccc6n7-c6ccccc6)cc5)cc4)cc3)cc21. The Morgan fingerprint density at radius 3 is 1.33 bits per heavy atom. The van der Waals surface area contributed by atoms with Crippen LogP contribution < -0.4 is 9.80 Å². The largest absolute Gasteiger partial charge is 0.311 e. The molecule has 11 aromatic rings. The highest BCUT2D eigenvalue weighted by molar-refractivity contribution is 6.10. The van der Waals surface area contributed by atoms with E-state index in [9.17, 15) is 0 Å². The standard InChI is InChI=1S/C63H47N3/c1-63(2)59-24-14-12-22-55(59)56-40-39-54(43-60(56)63)65(49-18-8-4-9-19-49)53-35-28-45(29-36-53)44-26-33-51(34-27-44)64(48-16-6-3-7-17-48)52-37-30-46(31-38-52)47-32-41-62-58(42-47)57-23-13-15-25-61(57)66(62)50-20-10-5-11-21-50/h3-43H,1-2H3. The molecule has 0 spiro atoms. The van der Waals surface area contributed by atoms with Gasteiger partial charge in [-0.05, 0) is 148 Å². The van der Waals surface area contributed by atoms with Crippen LogP contribution in [-0.2, 0) is 5.41 Å². The van der Waals surface area contributed by atoms with Gasteiger partial charge in [-0.3, -0.25) is 0 Å². The Labute approximate surface area is 386 Å². The van der Waals surface area contributed by atoms with Crippen LogP contribution in [0, 0.1) is 0 Å². The molecule has 3 heteroatoms. The lowest BCUT2D eigenvalue weighted by Gasteiger charge is -2.28. The topological polar surface area (TPSA) is 11.4 Å². The molecule has 10 aromatic carbocycles. The van der Waals surface area contributed by atoms with Crippen LogP contribution in [0.1, 0.15) is 25.0 Å². The molecule has 0 N–H and O–H groups in total. The van der Waals surface area contributed by atoms with Crippen molar-refractivity contribution in [3.63, 3.8) is 0 Å². The van der Waals surface area contributed by atoms with Gasteiger partial charge in [0, 0.05) is 56.0 Å². The van der Waals surface area contributed by atoms with Gasteiger partial charge in [-0.2, -0.15) is 0 Å². The highest BCUT2D eigenvalue weighted by atomic mass is 15.1. The lowest BCUT2D eigenvalue weighted by Crippen LogP contribution is -2.16. The van der Waals surface area contributed by atoms with Crippen LogP contribution in [0.25, 0.3) is 60.9 Å². The van der Waals surface area contributed by atoms with Crippen molar-refractivity contribution in [1.29, 1.82) is 0 Å². The monoisotopic (exact) mass is 845 g/mol. The number of para-hydroxylation sites is 4. The first-order valence-electron chi connectivity index (χ1n) is 22.8. The number of fused-ring (bicyclic) bond motifs is 6. The Morgan fingerprint density at radius 1 is 0.303 bits per heavy atom.